The number of hydrogen-bond acceptors (Lipinski definition) is 6. The number of nitrogens with zero attached hydrogens (tertiary/aromatic N) is 3. The Morgan fingerprint density at radius 2 is 2.00 bits per heavy atom. The van der Waals surface area contributed by atoms with Crippen molar-refractivity contribution in [3.8, 4) is 11.4 Å². The zero-order valence-electron chi connectivity index (χ0n) is 18.1. The Bertz CT molecular complexity index is 1070. The summed E-state index contributed by atoms with van der Waals surface area (Å²) < 4.78 is 56.1. The number of alkyl halides is 1. The molecule has 1 N–H and O–H groups in total. The predicted octanol–water partition coefficient (Wildman–Crippen LogP) is 2.27. The van der Waals surface area contributed by atoms with Crippen molar-refractivity contribution in [2.24, 2.45) is 5.41 Å². The van der Waals surface area contributed by atoms with Gasteiger partial charge in [-0.3, -0.25) is 9.63 Å². The summed E-state index contributed by atoms with van der Waals surface area (Å²) in [6.07, 6.45) is 0.941. The van der Waals surface area contributed by atoms with E-state index < -0.39 is 39.4 Å². The fraction of sp³-hybridized carbons (Fsp3) is 0.476. The van der Waals surface area contributed by atoms with Gasteiger partial charge in [0, 0.05) is 25.0 Å². The molecule has 0 bridgehead atoms. The average Bonchev–Trinajstić information content (AvgIpc) is 3.09. The molecule has 0 radical (unpaired) electrons. The van der Waals surface area contributed by atoms with Crippen LogP contribution in [-0.2, 0) is 26.1 Å². The number of hydrogen-bond donors (Lipinski definition) is 1. The Balaban J connectivity index is 1.99. The van der Waals surface area contributed by atoms with Gasteiger partial charge in [-0.15, -0.1) is 0 Å². The van der Waals surface area contributed by atoms with Crippen molar-refractivity contribution in [3.05, 3.63) is 48.0 Å². The largest absolute Gasteiger partial charge is 0.275 e. The van der Waals surface area contributed by atoms with Gasteiger partial charge in [-0.1, -0.05) is 0 Å². The molecule has 1 aromatic heterocycles. The minimum atomic E-state index is -3.70. The van der Waals surface area contributed by atoms with Crippen LogP contribution in [0.5, 0.6) is 0 Å². The van der Waals surface area contributed by atoms with Crippen LogP contribution in [0.15, 0.2) is 36.7 Å². The molecule has 0 saturated heterocycles. The van der Waals surface area contributed by atoms with Crippen LogP contribution < -0.4 is 4.72 Å². The van der Waals surface area contributed by atoms with E-state index in [2.05, 4.69) is 14.7 Å². The number of halogens is 2. The van der Waals surface area contributed by atoms with Gasteiger partial charge in [0.15, 0.2) is 5.82 Å². The van der Waals surface area contributed by atoms with Gasteiger partial charge in [-0.05, 0) is 56.0 Å². The molecule has 0 aliphatic heterocycles. The number of carbonyl (C=O) groups excluding carboxylic acids is 1. The van der Waals surface area contributed by atoms with E-state index in [0.29, 0.717) is 11.4 Å². The highest BCUT2D eigenvalue weighted by molar-refractivity contribution is 7.89. The molecule has 3 atom stereocenters. The standard InChI is InChI=1S/C21H26F2N4O4S/c1-4-32(29,30)26-18-13-21(12-17(18)23,20(28)27(2)31-3)11-15-10-14(6-7-16(15)22)19-24-8-5-9-25-19/h5-10,17-18,26H,4,11-13H2,1-3H3/t17-,18+,21-/m0/s1. The summed E-state index contributed by atoms with van der Waals surface area (Å²) in [4.78, 5) is 26.5. The highest BCUT2D eigenvalue weighted by Gasteiger charge is 2.53. The quantitative estimate of drug-likeness (QED) is 0.597. The Morgan fingerprint density at radius 3 is 2.62 bits per heavy atom. The van der Waals surface area contributed by atoms with E-state index in [1.807, 2.05) is 0 Å². The second kappa shape index (κ2) is 9.55. The topological polar surface area (TPSA) is 101 Å². The second-order valence-electron chi connectivity index (χ2n) is 7.87. The van der Waals surface area contributed by atoms with Gasteiger partial charge in [0.1, 0.15) is 12.0 Å². The molecule has 0 unspecified atom stereocenters. The molecule has 1 aliphatic carbocycles. The Kier molecular flexibility index (Phi) is 7.21. The molecule has 11 heteroatoms. The normalized spacial score (nSPS) is 23.3. The first kappa shape index (κ1) is 24.1. The van der Waals surface area contributed by atoms with Gasteiger partial charge in [0.25, 0.3) is 5.91 Å². The zero-order valence-corrected chi connectivity index (χ0v) is 18.9. The van der Waals surface area contributed by atoms with Crippen LogP contribution in [-0.4, -0.2) is 61.5 Å². The number of aromatic nitrogens is 2. The smallest absolute Gasteiger partial charge is 0.252 e. The van der Waals surface area contributed by atoms with Crippen molar-refractivity contribution in [1.82, 2.24) is 19.8 Å². The second-order valence-corrected chi connectivity index (χ2v) is 9.92. The number of hydroxylamine groups is 2. The van der Waals surface area contributed by atoms with Crippen molar-refractivity contribution < 1.29 is 26.8 Å². The number of amides is 1. The van der Waals surface area contributed by atoms with Crippen LogP contribution in [0.3, 0.4) is 0 Å². The van der Waals surface area contributed by atoms with E-state index in [9.17, 15) is 22.0 Å². The Hall–Kier alpha value is -2.50. The van der Waals surface area contributed by atoms with E-state index in [4.69, 9.17) is 4.84 Å². The molecule has 0 spiro atoms. The maximum absolute atomic E-state index is 15.0. The summed E-state index contributed by atoms with van der Waals surface area (Å²) >= 11 is 0. The summed E-state index contributed by atoms with van der Waals surface area (Å²) in [7, 11) is -1.03. The Labute approximate surface area is 186 Å². The molecule has 1 heterocycles. The van der Waals surface area contributed by atoms with E-state index in [1.165, 1.54) is 39.3 Å². The molecular weight excluding hydrogens is 442 g/mol. The number of rotatable bonds is 8. The van der Waals surface area contributed by atoms with Crippen LogP contribution in [0.2, 0.25) is 0 Å². The third kappa shape index (κ3) is 5.11. The van der Waals surface area contributed by atoms with E-state index in [1.54, 1.807) is 18.5 Å². The summed E-state index contributed by atoms with van der Waals surface area (Å²) in [5.41, 5.74) is -0.677. The highest BCUT2D eigenvalue weighted by Crippen LogP contribution is 2.45. The van der Waals surface area contributed by atoms with Gasteiger partial charge < -0.3 is 0 Å². The molecule has 32 heavy (non-hydrogen) atoms. The third-order valence-corrected chi connectivity index (χ3v) is 7.18. The van der Waals surface area contributed by atoms with Gasteiger partial charge in [-0.2, -0.15) is 0 Å². The van der Waals surface area contributed by atoms with Gasteiger partial charge in [-0.25, -0.2) is 37.0 Å². The fourth-order valence-electron chi connectivity index (χ4n) is 4.05. The molecule has 1 fully saturated rings. The minimum absolute atomic E-state index is 0.133. The van der Waals surface area contributed by atoms with Crippen molar-refractivity contribution in [2.45, 2.75) is 38.4 Å². The lowest BCUT2D eigenvalue weighted by atomic mass is 9.78. The van der Waals surface area contributed by atoms with Crippen molar-refractivity contribution in [1.29, 1.82) is 0 Å². The van der Waals surface area contributed by atoms with Gasteiger partial charge in [0.2, 0.25) is 10.0 Å². The fourth-order valence-corrected chi connectivity index (χ4v) is 4.91. The summed E-state index contributed by atoms with van der Waals surface area (Å²) in [6, 6.07) is 4.86. The first-order chi connectivity index (χ1) is 15.1. The van der Waals surface area contributed by atoms with Crippen LogP contribution >= 0.6 is 0 Å². The average molecular weight is 469 g/mol. The monoisotopic (exact) mass is 468 g/mol. The molecule has 3 rings (SSSR count). The minimum Gasteiger partial charge on any atom is -0.275 e. The number of carbonyl (C=O) groups is 1. The SMILES string of the molecule is CCS(=O)(=O)N[C@@H]1C[C@@](Cc2cc(-c3ncccn3)ccc2F)(C(=O)N(C)OC)C[C@@H]1F. The maximum Gasteiger partial charge on any atom is 0.252 e. The lowest BCUT2D eigenvalue weighted by Gasteiger charge is -2.31. The lowest BCUT2D eigenvalue weighted by Crippen LogP contribution is -2.43. The molecule has 8 nitrogen and oxygen atoms in total. The molecule has 174 valence electrons. The summed E-state index contributed by atoms with van der Waals surface area (Å²) in [5.74, 6) is -0.957. The summed E-state index contributed by atoms with van der Waals surface area (Å²) in [6.45, 7) is 1.44. The first-order valence-electron chi connectivity index (χ1n) is 10.1. The third-order valence-electron chi connectivity index (χ3n) is 5.76. The zero-order chi connectivity index (χ0) is 23.5. The number of nitrogens with one attached hydrogen (secondary N) is 1. The van der Waals surface area contributed by atoms with E-state index in [0.717, 1.165) is 5.06 Å². The Morgan fingerprint density at radius 1 is 1.31 bits per heavy atom. The highest BCUT2D eigenvalue weighted by atomic mass is 32.2. The molecule has 2 aromatic rings. The molecule has 1 amide bonds. The van der Waals surface area contributed by atoms with Gasteiger partial charge in [0.05, 0.1) is 24.3 Å². The molecule has 1 saturated carbocycles. The van der Waals surface area contributed by atoms with E-state index in [-0.39, 0.29) is 30.6 Å². The van der Waals surface area contributed by atoms with Crippen LogP contribution in [0.4, 0.5) is 8.78 Å². The van der Waals surface area contributed by atoms with Crippen molar-refractivity contribution >= 4 is 15.9 Å². The predicted molar refractivity (Wildman–Crippen MR) is 114 cm³/mol. The molecule has 1 aromatic carbocycles. The molecular formula is C21H26F2N4O4S. The van der Waals surface area contributed by atoms with Crippen molar-refractivity contribution in [2.75, 3.05) is 19.9 Å². The number of sulfonamides is 1. The first-order valence-corrected chi connectivity index (χ1v) is 11.8. The lowest BCUT2D eigenvalue weighted by molar-refractivity contribution is -0.180. The van der Waals surface area contributed by atoms with Crippen LogP contribution in [0, 0.1) is 11.2 Å². The number of benzene rings is 1. The van der Waals surface area contributed by atoms with Gasteiger partial charge >= 0.3 is 0 Å². The molecule has 1 aliphatic rings. The maximum atomic E-state index is 15.0. The summed E-state index contributed by atoms with van der Waals surface area (Å²) in [5, 5.41) is 0.964. The van der Waals surface area contributed by atoms with Crippen LogP contribution in [0.1, 0.15) is 25.3 Å². The van der Waals surface area contributed by atoms with E-state index >= 15 is 0 Å². The van der Waals surface area contributed by atoms with Crippen molar-refractivity contribution in [3.63, 3.8) is 0 Å². The van der Waals surface area contributed by atoms with Crippen LogP contribution in [0.25, 0.3) is 11.4 Å².